The molecule has 0 atom stereocenters. The second-order valence-electron chi connectivity index (χ2n) is 8.71. The Hall–Kier alpha value is -2.37. The summed E-state index contributed by atoms with van der Waals surface area (Å²) in [4.78, 5) is 38.1. The number of hydrogen-bond acceptors (Lipinski definition) is 3. The third kappa shape index (κ3) is 5.58. The summed E-state index contributed by atoms with van der Waals surface area (Å²) in [5.41, 5.74) is 1.05. The number of hydrogen-bond donors (Lipinski definition) is 2. The molecule has 6 nitrogen and oxygen atoms in total. The van der Waals surface area contributed by atoms with Crippen molar-refractivity contribution in [1.82, 2.24) is 5.32 Å². The monoisotopic (exact) mass is 359 g/mol. The van der Waals surface area contributed by atoms with E-state index in [1.54, 1.807) is 18.2 Å². The lowest BCUT2D eigenvalue weighted by molar-refractivity contribution is -0.126. The maximum atomic E-state index is 12.6. The van der Waals surface area contributed by atoms with E-state index >= 15 is 0 Å². The molecule has 2 rings (SSSR count). The Morgan fingerprint density at radius 2 is 1.77 bits per heavy atom. The number of nitrogens with one attached hydrogen (secondary N) is 2. The molecule has 26 heavy (non-hydrogen) atoms. The maximum absolute atomic E-state index is 12.6. The fraction of sp³-hybridized carbons (Fsp3) is 0.550. The predicted molar refractivity (Wildman–Crippen MR) is 103 cm³/mol. The van der Waals surface area contributed by atoms with Crippen LogP contribution in [-0.2, 0) is 14.4 Å². The van der Waals surface area contributed by atoms with Gasteiger partial charge in [-0.2, -0.15) is 0 Å². The Morgan fingerprint density at radius 3 is 2.42 bits per heavy atom. The van der Waals surface area contributed by atoms with E-state index in [4.69, 9.17) is 0 Å². The van der Waals surface area contributed by atoms with Crippen molar-refractivity contribution in [3.8, 4) is 0 Å². The fourth-order valence-electron chi connectivity index (χ4n) is 3.62. The average molecular weight is 359 g/mol. The lowest BCUT2D eigenvalue weighted by Gasteiger charge is -2.33. The molecule has 0 fully saturated rings. The number of anilines is 2. The van der Waals surface area contributed by atoms with Crippen molar-refractivity contribution in [1.29, 1.82) is 0 Å². The predicted octanol–water partition coefficient (Wildman–Crippen LogP) is 3.08. The van der Waals surface area contributed by atoms with E-state index in [2.05, 4.69) is 31.4 Å². The zero-order chi connectivity index (χ0) is 19.5. The fourth-order valence-corrected chi connectivity index (χ4v) is 3.62. The average Bonchev–Trinajstić information content (AvgIpc) is 2.48. The van der Waals surface area contributed by atoms with Gasteiger partial charge in [-0.1, -0.05) is 32.9 Å². The van der Waals surface area contributed by atoms with Crippen molar-refractivity contribution in [2.24, 2.45) is 5.41 Å². The van der Waals surface area contributed by atoms with Crippen LogP contribution >= 0.6 is 0 Å². The summed E-state index contributed by atoms with van der Waals surface area (Å²) in [7, 11) is 0. The molecule has 3 amide bonds. The van der Waals surface area contributed by atoms with Crippen LogP contribution in [0.5, 0.6) is 0 Å². The summed E-state index contributed by atoms with van der Waals surface area (Å²) >= 11 is 0. The molecule has 1 heterocycles. The molecule has 1 aliphatic heterocycles. The van der Waals surface area contributed by atoms with Gasteiger partial charge in [0, 0.05) is 18.4 Å². The third-order valence-electron chi connectivity index (χ3n) is 4.09. The minimum absolute atomic E-state index is 0.0209. The van der Waals surface area contributed by atoms with Crippen LogP contribution in [0.3, 0.4) is 0 Å². The molecule has 0 aromatic heterocycles. The first-order valence-electron chi connectivity index (χ1n) is 8.97. The number of benzene rings is 1. The Morgan fingerprint density at radius 1 is 1.12 bits per heavy atom. The van der Waals surface area contributed by atoms with Crippen LogP contribution < -0.4 is 15.5 Å². The normalized spacial score (nSPS) is 14.5. The van der Waals surface area contributed by atoms with Gasteiger partial charge in [-0.15, -0.1) is 0 Å². The number of carbonyl (C=O) groups is 3. The van der Waals surface area contributed by atoms with E-state index < -0.39 is 0 Å². The van der Waals surface area contributed by atoms with Gasteiger partial charge in [-0.05, 0) is 37.8 Å². The number of para-hydroxylation sites is 2. The molecule has 0 saturated carbocycles. The lowest BCUT2D eigenvalue weighted by atomic mass is 9.82. The van der Waals surface area contributed by atoms with Crippen molar-refractivity contribution in [2.45, 2.75) is 59.4 Å². The SMILES string of the molecule is CC(C)(C)CC(C)(C)NC(=O)CCC(=O)N1CC(=O)Nc2ccccc21. The summed E-state index contributed by atoms with van der Waals surface area (Å²) in [6, 6.07) is 7.17. The van der Waals surface area contributed by atoms with Crippen LogP contribution in [0, 0.1) is 5.41 Å². The van der Waals surface area contributed by atoms with Crippen LogP contribution in [0.15, 0.2) is 24.3 Å². The first-order chi connectivity index (χ1) is 12.0. The molecular weight excluding hydrogens is 330 g/mol. The van der Waals surface area contributed by atoms with Crippen molar-refractivity contribution in [3.05, 3.63) is 24.3 Å². The number of amides is 3. The van der Waals surface area contributed by atoms with E-state index in [0.717, 1.165) is 6.42 Å². The highest BCUT2D eigenvalue weighted by Crippen LogP contribution is 2.30. The summed E-state index contributed by atoms with van der Waals surface area (Å²) < 4.78 is 0. The van der Waals surface area contributed by atoms with Crippen LogP contribution in [0.2, 0.25) is 0 Å². The third-order valence-corrected chi connectivity index (χ3v) is 4.09. The van der Waals surface area contributed by atoms with Gasteiger partial charge < -0.3 is 15.5 Å². The van der Waals surface area contributed by atoms with E-state index in [-0.39, 0.29) is 48.1 Å². The molecule has 0 aliphatic carbocycles. The van der Waals surface area contributed by atoms with Gasteiger partial charge in [0.1, 0.15) is 6.54 Å². The molecular formula is C20H29N3O3. The highest BCUT2D eigenvalue weighted by atomic mass is 16.2. The zero-order valence-corrected chi connectivity index (χ0v) is 16.3. The van der Waals surface area contributed by atoms with Gasteiger partial charge in [0.25, 0.3) is 0 Å². The van der Waals surface area contributed by atoms with Gasteiger partial charge in [-0.3, -0.25) is 14.4 Å². The standard InChI is InChI=1S/C20H29N3O3/c1-19(2,3)13-20(4,5)22-16(24)10-11-18(26)23-12-17(25)21-14-8-6-7-9-15(14)23/h6-9H,10-13H2,1-5H3,(H,21,25)(H,22,24). The van der Waals surface area contributed by atoms with Crippen LogP contribution in [0.25, 0.3) is 0 Å². The molecule has 0 radical (unpaired) electrons. The largest absolute Gasteiger partial charge is 0.351 e. The van der Waals surface area contributed by atoms with Gasteiger partial charge >= 0.3 is 0 Å². The van der Waals surface area contributed by atoms with Gasteiger partial charge in [-0.25, -0.2) is 0 Å². The van der Waals surface area contributed by atoms with Crippen molar-refractivity contribution in [3.63, 3.8) is 0 Å². The topological polar surface area (TPSA) is 78.5 Å². The highest BCUT2D eigenvalue weighted by molar-refractivity contribution is 6.10. The quantitative estimate of drug-likeness (QED) is 0.848. The molecule has 1 aliphatic rings. The van der Waals surface area contributed by atoms with Gasteiger partial charge in [0.05, 0.1) is 11.4 Å². The van der Waals surface area contributed by atoms with Crippen LogP contribution in [0.1, 0.15) is 53.9 Å². The van der Waals surface area contributed by atoms with E-state index in [0.29, 0.717) is 11.4 Å². The first-order valence-corrected chi connectivity index (χ1v) is 8.97. The van der Waals surface area contributed by atoms with Crippen molar-refractivity contribution >= 4 is 29.1 Å². The zero-order valence-electron chi connectivity index (χ0n) is 16.3. The maximum Gasteiger partial charge on any atom is 0.244 e. The summed E-state index contributed by atoms with van der Waals surface area (Å²) in [5, 5.41) is 5.76. The Labute approximate surface area is 155 Å². The van der Waals surface area contributed by atoms with E-state index in [1.165, 1.54) is 4.90 Å². The first kappa shape index (κ1) is 19.9. The summed E-state index contributed by atoms with van der Waals surface area (Å²) in [5.74, 6) is -0.605. The minimum Gasteiger partial charge on any atom is -0.351 e. The summed E-state index contributed by atoms with van der Waals surface area (Å²) in [6.45, 7) is 10.3. The molecule has 0 spiro atoms. The number of nitrogens with zero attached hydrogens (tertiary/aromatic N) is 1. The summed E-state index contributed by atoms with van der Waals surface area (Å²) in [6.07, 6.45) is 1.01. The molecule has 0 saturated heterocycles. The van der Waals surface area contributed by atoms with Crippen LogP contribution in [-0.4, -0.2) is 29.8 Å². The van der Waals surface area contributed by atoms with Crippen molar-refractivity contribution in [2.75, 3.05) is 16.8 Å². The Kier molecular flexibility index (Phi) is 5.74. The lowest BCUT2D eigenvalue weighted by Crippen LogP contribution is -2.46. The van der Waals surface area contributed by atoms with E-state index in [1.807, 2.05) is 19.9 Å². The molecule has 142 valence electrons. The number of fused-ring (bicyclic) bond motifs is 1. The highest BCUT2D eigenvalue weighted by Gasteiger charge is 2.29. The number of carbonyl (C=O) groups excluding carboxylic acids is 3. The van der Waals surface area contributed by atoms with Gasteiger partial charge in [0.15, 0.2) is 0 Å². The van der Waals surface area contributed by atoms with Crippen LogP contribution in [0.4, 0.5) is 11.4 Å². The molecule has 0 unspecified atom stereocenters. The van der Waals surface area contributed by atoms with Gasteiger partial charge in [0.2, 0.25) is 17.7 Å². The second-order valence-corrected chi connectivity index (χ2v) is 8.71. The molecule has 0 bridgehead atoms. The molecule has 1 aromatic carbocycles. The minimum atomic E-state index is -0.337. The number of rotatable bonds is 5. The van der Waals surface area contributed by atoms with E-state index in [9.17, 15) is 14.4 Å². The second kappa shape index (κ2) is 7.48. The molecule has 6 heteroatoms. The Balaban J connectivity index is 1.95. The van der Waals surface area contributed by atoms with Crippen molar-refractivity contribution < 1.29 is 14.4 Å². The smallest absolute Gasteiger partial charge is 0.244 e. The Bertz CT molecular complexity index is 704. The molecule has 2 N–H and O–H groups in total. The molecule has 1 aromatic rings.